The molecule has 3 rings (SSSR count). The summed E-state index contributed by atoms with van der Waals surface area (Å²) in [6, 6.07) is 9.06. The SMILES string of the molecule is Clc1ccc(-c2ncc3ncccc3n2)cc1Cl. The van der Waals surface area contributed by atoms with E-state index in [4.69, 9.17) is 23.2 Å². The maximum absolute atomic E-state index is 5.98. The smallest absolute Gasteiger partial charge is 0.159 e. The molecule has 0 N–H and O–H groups in total. The largest absolute Gasteiger partial charge is 0.253 e. The monoisotopic (exact) mass is 275 g/mol. The zero-order chi connectivity index (χ0) is 12.5. The molecule has 0 aliphatic heterocycles. The average molecular weight is 276 g/mol. The van der Waals surface area contributed by atoms with E-state index in [0.29, 0.717) is 15.9 Å². The molecule has 0 saturated heterocycles. The highest BCUT2D eigenvalue weighted by atomic mass is 35.5. The first-order valence-corrected chi connectivity index (χ1v) is 6.03. The molecule has 18 heavy (non-hydrogen) atoms. The molecule has 3 nitrogen and oxygen atoms in total. The van der Waals surface area contributed by atoms with Gasteiger partial charge in [0.15, 0.2) is 5.82 Å². The maximum Gasteiger partial charge on any atom is 0.159 e. The van der Waals surface area contributed by atoms with Gasteiger partial charge in [-0.25, -0.2) is 9.97 Å². The van der Waals surface area contributed by atoms with Gasteiger partial charge in [0.1, 0.15) is 5.52 Å². The second-order valence-corrected chi connectivity index (χ2v) is 4.54. The minimum atomic E-state index is 0.490. The number of halogens is 2. The van der Waals surface area contributed by atoms with Crippen LogP contribution >= 0.6 is 23.2 Å². The quantitative estimate of drug-likeness (QED) is 0.674. The van der Waals surface area contributed by atoms with Gasteiger partial charge in [0.25, 0.3) is 0 Å². The Kier molecular flexibility index (Phi) is 2.86. The fourth-order valence-electron chi connectivity index (χ4n) is 1.64. The topological polar surface area (TPSA) is 38.7 Å². The van der Waals surface area contributed by atoms with Crippen molar-refractivity contribution in [2.45, 2.75) is 0 Å². The van der Waals surface area contributed by atoms with Crippen LogP contribution in [0.4, 0.5) is 0 Å². The summed E-state index contributed by atoms with van der Waals surface area (Å²) in [5, 5.41) is 1.01. The molecule has 0 amide bonds. The van der Waals surface area contributed by atoms with Gasteiger partial charge >= 0.3 is 0 Å². The lowest BCUT2D eigenvalue weighted by molar-refractivity contribution is 1.20. The van der Waals surface area contributed by atoms with Crippen molar-refractivity contribution >= 4 is 34.2 Å². The Bertz CT molecular complexity index is 728. The van der Waals surface area contributed by atoms with E-state index in [0.717, 1.165) is 16.6 Å². The fraction of sp³-hybridized carbons (Fsp3) is 0. The van der Waals surface area contributed by atoms with E-state index in [1.54, 1.807) is 24.5 Å². The normalized spacial score (nSPS) is 10.8. The van der Waals surface area contributed by atoms with E-state index in [-0.39, 0.29) is 0 Å². The van der Waals surface area contributed by atoms with Gasteiger partial charge in [0.2, 0.25) is 0 Å². The van der Waals surface area contributed by atoms with Gasteiger partial charge in [-0.3, -0.25) is 4.98 Å². The molecule has 0 fully saturated rings. The van der Waals surface area contributed by atoms with E-state index in [9.17, 15) is 0 Å². The molecule has 5 heteroatoms. The molecular formula is C13H7Cl2N3. The zero-order valence-electron chi connectivity index (χ0n) is 9.14. The highest BCUT2D eigenvalue weighted by molar-refractivity contribution is 6.42. The molecule has 1 aromatic carbocycles. The second kappa shape index (κ2) is 4.52. The van der Waals surface area contributed by atoms with Crippen LogP contribution in [0.25, 0.3) is 22.4 Å². The van der Waals surface area contributed by atoms with Crippen molar-refractivity contribution in [1.29, 1.82) is 0 Å². The van der Waals surface area contributed by atoms with Crippen LogP contribution in [0, 0.1) is 0 Å². The summed E-state index contributed by atoms with van der Waals surface area (Å²) in [5.74, 6) is 0.606. The summed E-state index contributed by atoms with van der Waals surface area (Å²) in [5.41, 5.74) is 2.39. The van der Waals surface area contributed by atoms with Crippen molar-refractivity contribution in [2.24, 2.45) is 0 Å². The first-order valence-electron chi connectivity index (χ1n) is 5.27. The first kappa shape index (κ1) is 11.4. The molecule has 0 aliphatic rings. The molecule has 2 heterocycles. The van der Waals surface area contributed by atoms with Crippen molar-refractivity contribution in [3.63, 3.8) is 0 Å². The number of aromatic nitrogens is 3. The summed E-state index contributed by atoms with van der Waals surface area (Å²) in [7, 11) is 0. The van der Waals surface area contributed by atoms with E-state index >= 15 is 0 Å². The number of pyridine rings is 1. The molecule has 0 spiro atoms. The Balaban J connectivity index is 2.16. The van der Waals surface area contributed by atoms with Crippen LogP contribution in [-0.4, -0.2) is 15.0 Å². The van der Waals surface area contributed by atoms with Gasteiger partial charge in [-0.1, -0.05) is 23.2 Å². The Labute approximate surface area is 113 Å². The van der Waals surface area contributed by atoms with Crippen molar-refractivity contribution in [3.05, 3.63) is 52.8 Å². The molecular weight excluding hydrogens is 269 g/mol. The predicted molar refractivity (Wildman–Crippen MR) is 72.8 cm³/mol. The lowest BCUT2D eigenvalue weighted by Crippen LogP contribution is -1.91. The minimum absolute atomic E-state index is 0.490. The molecule has 0 atom stereocenters. The van der Waals surface area contributed by atoms with Crippen LogP contribution in [0.3, 0.4) is 0 Å². The standard InChI is InChI=1S/C13H7Cl2N3/c14-9-4-3-8(6-10(9)15)13-17-7-12-11(18-13)2-1-5-16-12/h1-7H. The van der Waals surface area contributed by atoms with Crippen molar-refractivity contribution in [2.75, 3.05) is 0 Å². The Morgan fingerprint density at radius 3 is 2.61 bits per heavy atom. The van der Waals surface area contributed by atoms with E-state index < -0.39 is 0 Å². The maximum atomic E-state index is 5.98. The number of rotatable bonds is 1. The Morgan fingerprint density at radius 2 is 1.78 bits per heavy atom. The number of fused-ring (bicyclic) bond motifs is 1. The van der Waals surface area contributed by atoms with Gasteiger partial charge < -0.3 is 0 Å². The molecule has 2 aromatic heterocycles. The second-order valence-electron chi connectivity index (χ2n) is 3.73. The molecule has 0 radical (unpaired) electrons. The van der Waals surface area contributed by atoms with Crippen LogP contribution in [0.1, 0.15) is 0 Å². The Morgan fingerprint density at radius 1 is 0.889 bits per heavy atom. The van der Waals surface area contributed by atoms with E-state index in [1.807, 2.05) is 18.2 Å². The molecule has 88 valence electrons. The van der Waals surface area contributed by atoms with Crippen LogP contribution < -0.4 is 0 Å². The van der Waals surface area contributed by atoms with Crippen molar-refractivity contribution in [1.82, 2.24) is 15.0 Å². The minimum Gasteiger partial charge on any atom is -0.253 e. The molecule has 0 saturated carbocycles. The van der Waals surface area contributed by atoms with Gasteiger partial charge in [-0.2, -0.15) is 0 Å². The van der Waals surface area contributed by atoms with Gasteiger partial charge in [-0.05, 0) is 30.3 Å². The molecule has 0 aliphatic carbocycles. The lowest BCUT2D eigenvalue weighted by Gasteiger charge is -2.03. The highest BCUT2D eigenvalue weighted by Crippen LogP contribution is 2.27. The number of benzene rings is 1. The van der Waals surface area contributed by atoms with Gasteiger partial charge in [0.05, 0.1) is 21.8 Å². The lowest BCUT2D eigenvalue weighted by atomic mass is 10.2. The van der Waals surface area contributed by atoms with Crippen LogP contribution in [0.15, 0.2) is 42.7 Å². The van der Waals surface area contributed by atoms with E-state index in [2.05, 4.69) is 15.0 Å². The number of hydrogen-bond acceptors (Lipinski definition) is 3. The van der Waals surface area contributed by atoms with Crippen molar-refractivity contribution < 1.29 is 0 Å². The highest BCUT2D eigenvalue weighted by Gasteiger charge is 2.06. The molecule has 0 unspecified atom stereocenters. The first-order chi connectivity index (χ1) is 8.74. The third-order valence-electron chi connectivity index (χ3n) is 2.53. The average Bonchev–Trinajstić information content (AvgIpc) is 2.41. The zero-order valence-corrected chi connectivity index (χ0v) is 10.7. The summed E-state index contributed by atoms with van der Waals surface area (Å²) in [6.45, 7) is 0. The molecule has 0 bridgehead atoms. The van der Waals surface area contributed by atoms with E-state index in [1.165, 1.54) is 0 Å². The van der Waals surface area contributed by atoms with Gasteiger partial charge in [-0.15, -0.1) is 0 Å². The predicted octanol–water partition coefficient (Wildman–Crippen LogP) is 4.00. The van der Waals surface area contributed by atoms with Crippen LogP contribution in [-0.2, 0) is 0 Å². The number of nitrogens with zero attached hydrogens (tertiary/aromatic N) is 3. The Hall–Kier alpha value is -1.71. The van der Waals surface area contributed by atoms with Gasteiger partial charge in [0, 0.05) is 11.8 Å². The third-order valence-corrected chi connectivity index (χ3v) is 3.27. The molecule has 3 aromatic rings. The van der Waals surface area contributed by atoms with Crippen LogP contribution in [0.2, 0.25) is 10.0 Å². The van der Waals surface area contributed by atoms with Crippen molar-refractivity contribution in [3.8, 4) is 11.4 Å². The summed E-state index contributed by atoms with van der Waals surface area (Å²) in [6.07, 6.45) is 3.41. The van der Waals surface area contributed by atoms with Crippen LogP contribution in [0.5, 0.6) is 0 Å². The third kappa shape index (κ3) is 2.03. The summed E-state index contributed by atoms with van der Waals surface area (Å²) >= 11 is 11.9. The fourth-order valence-corrected chi connectivity index (χ4v) is 1.94. The summed E-state index contributed by atoms with van der Waals surface area (Å²) < 4.78 is 0. The summed E-state index contributed by atoms with van der Waals surface area (Å²) in [4.78, 5) is 12.9. The number of hydrogen-bond donors (Lipinski definition) is 0.